The minimum atomic E-state index is -0.950. The highest BCUT2D eigenvalue weighted by Gasteiger charge is 2.26. The topological polar surface area (TPSA) is 95.6 Å². The zero-order chi connectivity index (χ0) is 15.8. The molecule has 1 atom stereocenters. The van der Waals surface area contributed by atoms with Gasteiger partial charge in [-0.3, -0.25) is 19.2 Å². The fourth-order valence-electron chi connectivity index (χ4n) is 1.62. The van der Waals surface area contributed by atoms with E-state index in [-0.39, 0.29) is 5.91 Å². The average Bonchev–Trinajstić information content (AvgIpc) is 2.49. The number of carbonyl (C=O) groups excluding carboxylic acids is 4. The van der Waals surface area contributed by atoms with Crippen molar-refractivity contribution in [2.24, 2.45) is 0 Å². The van der Waals surface area contributed by atoms with Crippen molar-refractivity contribution in [3.05, 3.63) is 35.9 Å². The molecular formula is C14H17N3O4. The smallest absolute Gasteiger partial charge is 0.290 e. The minimum absolute atomic E-state index is 0.324. The molecular weight excluding hydrogens is 274 g/mol. The molecule has 0 aromatic heterocycles. The van der Waals surface area contributed by atoms with Crippen molar-refractivity contribution >= 4 is 24.0 Å². The monoisotopic (exact) mass is 291 g/mol. The molecule has 0 aliphatic heterocycles. The third kappa shape index (κ3) is 4.72. The summed E-state index contributed by atoms with van der Waals surface area (Å²) in [5.74, 6) is -2.10. The van der Waals surface area contributed by atoms with E-state index in [0.29, 0.717) is 12.0 Å². The third-order valence-electron chi connectivity index (χ3n) is 2.70. The fourth-order valence-corrected chi connectivity index (χ4v) is 1.62. The molecule has 0 bridgehead atoms. The zero-order valence-corrected chi connectivity index (χ0v) is 11.8. The maximum atomic E-state index is 12.1. The second kappa shape index (κ2) is 7.78. The Bertz CT molecular complexity index is 528. The molecule has 1 aromatic rings. The van der Waals surface area contributed by atoms with Crippen molar-refractivity contribution in [1.29, 1.82) is 0 Å². The summed E-state index contributed by atoms with van der Waals surface area (Å²) < 4.78 is 0. The standard InChI is InChI=1S/C14H17N3O4/c1-17(2)14(21)12(10-6-4-3-5-7-10)16-13(20)11(19)8-15-9-18/h3-7,9,12H,8H2,1-2H3,(H,15,18)(H,16,20)/t12-/m1/s1. The summed E-state index contributed by atoms with van der Waals surface area (Å²) in [6, 6.07) is 7.65. The quantitative estimate of drug-likeness (QED) is 0.510. The Balaban J connectivity index is 2.88. The predicted molar refractivity (Wildman–Crippen MR) is 75.1 cm³/mol. The highest BCUT2D eigenvalue weighted by atomic mass is 16.2. The van der Waals surface area contributed by atoms with Gasteiger partial charge >= 0.3 is 0 Å². The van der Waals surface area contributed by atoms with E-state index in [1.165, 1.54) is 4.90 Å². The Kier molecular flexibility index (Phi) is 6.06. The Morgan fingerprint density at radius 2 is 1.81 bits per heavy atom. The summed E-state index contributed by atoms with van der Waals surface area (Å²) in [7, 11) is 3.11. The van der Waals surface area contributed by atoms with Crippen LogP contribution in [0.5, 0.6) is 0 Å². The van der Waals surface area contributed by atoms with Crippen molar-refractivity contribution in [3.63, 3.8) is 0 Å². The summed E-state index contributed by atoms with van der Waals surface area (Å²) >= 11 is 0. The van der Waals surface area contributed by atoms with Crippen LogP contribution < -0.4 is 10.6 Å². The lowest BCUT2D eigenvalue weighted by Crippen LogP contribution is -2.44. The van der Waals surface area contributed by atoms with E-state index in [1.807, 2.05) is 0 Å². The van der Waals surface area contributed by atoms with Gasteiger partial charge in [0.25, 0.3) is 5.91 Å². The van der Waals surface area contributed by atoms with Crippen LogP contribution in [0.15, 0.2) is 30.3 Å². The number of likely N-dealkylation sites (N-methyl/N-ethyl adjacent to an activating group) is 1. The first-order valence-corrected chi connectivity index (χ1v) is 6.24. The van der Waals surface area contributed by atoms with Crippen molar-refractivity contribution in [2.45, 2.75) is 6.04 Å². The lowest BCUT2D eigenvalue weighted by Gasteiger charge is -2.21. The van der Waals surface area contributed by atoms with Gasteiger partial charge in [-0.05, 0) is 5.56 Å². The summed E-state index contributed by atoms with van der Waals surface area (Å²) in [5.41, 5.74) is 0.570. The first-order valence-electron chi connectivity index (χ1n) is 6.24. The van der Waals surface area contributed by atoms with E-state index in [2.05, 4.69) is 10.6 Å². The van der Waals surface area contributed by atoms with Crippen molar-refractivity contribution < 1.29 is 19.2 Å². The molecule has 0 heterocycles. The van der Waals surface area contributed by atoms with Gasteiger partial charge in [-0.2, -0.15) is 0 Å². The fraction of sp³-hybridized carbons (Fsp3) is 0.286. The molecule has 1 aromatic carbocycles. The van der Waals surface area contributed by atoms with Gasteiger partial charge < -0.3 is 15.5 Å². The SMILES string of the molecule is CN(C)C(=O)[C@H](NC(=O)C(=O)CNC=O)c1ccccc1. The molecule has 0 fully saturated rings. The van der Waals surface area contributed by atoms with Gasteiger partial charge in [-0.1, -0.05) is 30.3 Å². The van der Waals surface area contributed by atoms with Gasteiger partial charge in [0, 0.05) is 14.1 Å². The largest absolute Gasteiger partial charge is 0.351 e. The molecule has 7 nitrogen and oxygen atoms in total. The van der Waals surface area contributed by atoms with Crippen LogP contribution in [0.4, 0.5) is 0 Å². The molecule has 0 aliphatic rings. The second-order valence-corrected chi connectivity index (χ2v) is 4.47. The Morgan fingerprint density at radius 1 is 1.19 bits per heavy atom. The Labute approximate surface area is 122 Å². The van der Waals surface area contributed by atoms with Crippen LogP contribution in [0.1, 0.15) is 11.6 Å². The molecule has 0 spiro atoms. The molecule has 0 radical (unpaired) electrons. The molecule has 21 heavy (non-hydrogen) atoms. The van der Waals surface area contributed by atoms with Crippen LogP contribution in [0.3, 0.4) is 0 Å². The Morgan fingerprint density at radius 3 is 2.33 bits per heavy atom. The van der Waals surface area contributed by atoms with Crippen LogP contribution in [0, 0.1) is 0 Å². The van der Waals surface area contributed by atoms with Crippen LogP contribution in [0.25, 0.3) is 0 Å². The molecule has 0 saturated carbocycles. The normalized spacial score (nSPS) is 11.1. The minimum Gasteiger partial charge on any atom is -0.351 e. The molecule has 7 heteroatoms. The predicted octanol–water partition coefficient (Wildman–Crippen LogP) is -0.753. The van der Waals surface area contributed by atoms with Crippen LogP contribution in [-0.2, 0) is 19.2 Å². The number of hydrogen-bond acceptors (Lipinski definition) is 4. The number of ketones is 1. The highest BCUT2D eigenvalue weighted by molar-refractivity contribution is 6.37. The number of benzene rings is 1. The molecule has 112 valence electrons. The lowest BCUT2D eigenvalue weighted by atomic mass is 10.1. The Hall–Kier alpha value is -2.70. The van der Waals surface area contributed by atoms with Crippen LogP contribution >= 0.6 is 0 Å². The molecule has 3 amide bonds. The molecule has 0 aliphatic carbocycles. The van der Waals surface area contributed by atoms with Crippen LogP contribution in [0.2, 0.25) is 0 Å². The van der Waals surface area contributed by atoms with E-state index in [9.17, 15) is 19.2 Å². The first-order chi connectivity index (χ1) is 9.97. The summed E-state index contributed by atoms with van der Waals surface area (Å²) in [6.45, 7) is -0.410. The van der Waals surface area contributed by atoms with Crippen LogP contribution in [-0.4, -0.2) is 49.5 Å². The van der Waals surface area contributed by atoms with E-state index in [4.69, 9.17) is 0 Å². The molecule has 1 rings (SSSR count). The van der Waals surface area contributed by atoms with Gasteiger partial charge in [-0.15, -0.1) is 0 Å². The number of carbonyl (C=O) groups is 4. The number of nitrogens with one attached hydrogen (secondary N) is 2. The van der Waals surface area contributed by atoms with E-state index < -0.39 is 24.3 Å². The van der Waals surface area contributed by atoms with Gasteiger partial charge in [0.15, 0.2) is 0 Å². The summed E-state index contributed by atoms with van der Waals surface area (Å²) in [6.07, 6.45) is 0.324. The molecule has 0 saturated heterocycles. The number of hydrogen-bond donors (Lipinski definition) is 2. The van der Waals surface area contributed by atoms with E-state index in [1.54, 1.807) is 44.4 Å². The summed E-state index contributed by atoms with van der Waals surface area (Å²) in [4.78, 5) is 46.9. The highest BCUT2D eigenvalue weighted by Crippen LogP contribution is 2.14. The maximum absolute atomic E-state index is 12.1. The lowest BCUT2D eigenvalue weighted by molar-refractivity contribution is -0.140. The van der Waals surface area contributed by atoms with Gasteiger partial charge in [0.2, 0.25) is 18.1 Å². The van der Waals surface area contributed by atoms with Crippen molar-refractivity contribution in [2.75, 3.05) is 20.6 Å². The number of rotatable bonds is 7. The number of nitrogens with zero attached hydrogens (tertiary/aromatic N) is 1. The van der Waals surface area contributed by atoms with Crippen molar-refractivity contribution in [3.8, 4) is 0 Å². The molecule has 0 unspecified atom stereocenters. The maximum Gasteiger partial charge on any atom is 0.290 e. The third-order valence-corrected chi connectivity index (χ3v) is 2.70. The first kappa shape index (κ1) is 16.4. The number of Topliss-reactive ketones (excluding diaryl/α,β-unsaturated/α-hetero) is 1. The molecule has 2 N–H and O–H groups in total. The van der Waals surface area contributed by atoms with Crippen molar-refractivity contribution in [1.82, 2.24) is 15.5 Å². The van der Waals surface area contributed by atoms with Gasteiger partial charge in [0.1, 0.15) is 6.04 Å². The van der Waals surface area contributed by atoms with Gasteiger partial charge in [0.05, 0.1) is 6.54 Å². The number of amides is 3. The zero-order valence-electron chi connectivity index (χ0n) is 11.8. The van der Waals surface area contributed by atoms with Gasteiger partial charge in [-0.25, -0.2) is 0 Å². The van der Waals surface area contributed by atoms with E-state index >= 15 is 0 Å². The average molecular weight is 291 g/mol. The second-order valence-electron chi connectivity index (χ2n) is 4.47. The summed E-state index contributed by atoms with van der Waals surface area (Å²) in [5, 5.41) is 4.50. The van der Waals surface area contributed by atoms with E-state index in [0.717, 1.165) is 0 Å².